The van der Waals surface area contributed by atoms with Crippen molar-refractivity contribution in [3.8, 4) is 0 Å². The highest BCUT2D eigenvalue weighted by molar-refractivity contribution is 7.80. The summed E-state index contributed by atoms with van der Waals surface area (Å²) in [5.41, 5.74) is 6.73. The van der Waals surface area contributed by atoms with E-state index in [4.69, 9.17) is 24.4 Å². The molecule has 0 aliphatic rings. The first-order valence-electron chi connectivity index (χ1n) is 5.45. The van der Waals surface area contributed by atoms with Crippen LogP contribution >= 0.6 is 24.4 Å². The number of hydrazine groups is 1. The zero-order chi connectivity index (χ0) is 13.2. The molecule has 0 aliphatic heterocycles. The van der Waals surface area contributed by atoms with Crippen LogP contribution < -0.4 is 21.5 Å². The third-order valence-electron chi connectivity index (χ3n) is 1.99. The molecule has 4 nitrogen and oxygen atoms in total. The number of rotatable bonds is 4. The van der Waals surface area contributed by atoms with Crippen LogP contribution in [0.1, 0.15) is 5.56 Å². The number of nitrogens with one attached hydrogen (secondary N) is 4. The van der Waals surface area contributed by atoms with Crippen molar-refractivity contribution in [2.24, 2.45) is 0 Å². The van der Waals surface area contributed by atoms with Gasteiger partial charge in [-0.1, -0.05) is 36.4 Å². The van der Waals surface area contributed by atoms with E-state index < -0.39 is 0 Å². The molecular weight excluding hydrogens is 264 g/mol. The van der Waals surface area contributed by atoms with Gasteiger partial charge in [0.25, 0.3) is 0 Å². The van der Waals surface area contributed by atoms with Crippen LogP contribution in [0.4, 0.5) is 0 Å². The Kier molecular flexibility index (Phi) is 6.75. The smallest absolute Gasteiger partial charge is 0.185 e. The highest BCUT2D eigenvalue weighted by Gasteiger charge is 1.96. The van der Waals surface area contributed by atoms with Gasteiger partial charge < -0.3 is 10.6 Å². The number of hydrogen-bond donors (Lipinski definition) is 4. The quantitative estimate of drug-likeness (QED) is 0.378. The molecule has 0 aromatic heterocycles. The molecule has 0 atom stereocenters. The molecule has 0 radical (unpaired) electrons. The molecule has 18 heavy (non-hydrogen) atoms. The van der Waals surface area contributed by atoms with Crippen molar-refractivity contribution >= 4 is 34.7 Å². The summed E-state index contributed by atoms with van der Waals surface area (Å²) < 4.78 is 0. The minimum absolute atomic E-state index is 0.471. The number of benzene rings is 1. The van der Waals surface area contributed by atoms with Gasteiger partial charge in [0.05, 0.1) is 0 Å². The van der Waals surface area contributed by atoms with Gasteiger partial charge in [-0.05, 0) is 30.0 Å². The standard InChI is InChI=1S/C12H16N4S2/c1-2-8-13-11(17)15-16-12(18)14-9-10-6-4-3-5-7-10/h2-7H,1,8-9H2,(H2,13,15,17)(H2,14,16,18). The first-order chi connectivity index (χ1) is 8.72. The molecule has 0 fully saturated rings. The van der Waals surface area contributed by atoms with Crippen molar-refractivity contribution in [1.82, 2.24) is 21.5 Å². The molecule has 0 amide bonds. The number of thiocarbonyl (C=S) groups is 2. The van der Waals surface area contributed by atoms with E-state index in [9.17, 15) is 0 Å². The second-order valence-corrected chi connectivity index (χ2v) is 4.23. The second-order valence-electron chi connectivity index (χ2n) is 3.42. The van der Waals surface area contributed by atoms with Gasteiger partial charge in [-0.25, -0.2) is 0 Å². The van der Waals surface area contributed by atoms with E-state index in [1.807, 2.05) is 30.3 Å². The maximum Gasteiger partial charge on any atom is 0.185 e. The molecule has 4 N–H and O–H groups in total. The lowest BCUT2D eigenvalue weighted by molar-refractivity contribution is 0.788. The molecule has 0 aliphatic carbocycles. The molecule has 96 valence electrons. The van der Waals surface area contributed by atoms with E-state index in [0.717, 1.165) is 5.56 Å². The lowest BCUT2D eigenvalue weighted by atomic mass is 10.2. The van der Waals surface area contributed by atoms with Gasteiger partial charge in [-0.2, -0.15) is 0 Å². The minimum Gasteiger partial charge on any atom is -0.358 e. The fraction of sp³-hybridized carbons (Fsp3) is 0.167. The summed E-state index contributed by atoms with van der Waals surface area (Å²) in [5.74, 6) is 0. The van der Waals surface area contributed by atoms with Crippen molar-refractivity contribution in [2.45, 2.75) is 6.54 Å². The summed E-state index contributed by atoms with van der Waals surface area (Å²) in [6, 6.07) is 10.0. The molecule has 1 rings (SSSR count). The fourth-order valence-corrected chi connectivity index (χ4v) is 1.40. The zero-order valence-electron chi connectivity index (χ0n) is 9.90. The Morgan fingerprint density at radius 1 is 1.06 bits per heavy atom. The minimum atomic E-state index is 0.471. The van der Waals surface area contributed by atoms with E-state index in [2.05, 4.69) is 28.1 Å². The van der Waals surface area contributed by atoms with Gasteiger partial charge in [0.15, 0.2) is 10.2 Å². The van der Waals surface area contributed by atoms with Gasteiger partial charge in [0, 0.05) is 13.1 Å². The monoisotopic (exact) mass is 280 g/mol. The fourth-order valence-electron chi connectivity index (χ4n) is 1.14. The van der Waals surface area contributed by atoms with E-state index in [-0.39, 0.29) is 0 Å². The number of hydrogen-bond acceptors (Lipinski definition) is 2. The summed E-state index contributed by atoms with van der Waals surface area (Å²) in [6.07, 6.45) is 1.72. The van der Waals surface area contributed by atoms with Crippen LogP contribution in [-0.2, 0) is 6.54 Å². The molecule has 0 spiro atoms. The normalized spacial score (nSPS) is 9.11. The molecule has 1 aromatic rings. The Morgan fingerprint density at radius 2 is 1.67 bits per heavy atom. The van der Waals surface area contributed by atoms with Gasteiger partial charge >= 0.3 is 0 Å². The molecule has 0 heterocycles. The van der Waals surface area contributed by atoms with Crippen LogP contribution in [0.25, 0.3) is 0 Å². The van der Waals surface area contributed by atoms with Gasteiger partial charge in [0.2, 0.25) is 0 Å². The van der Waals surface area contributed by atoms with Crippen LogP contribution in [0.2, 0.25) is 0 Å². The summed E-state index contributed by atoms with van der Waals surface area (Å²) in [7, 11) is 0. The summed E-state index contributed by atoms with van der Waals surface area (Å²) in [6.45, 7) is 4.86. The Morgan fingerprint density at radius 3 is 2.28 bits per heavy atom. The highest BCUT2D eigenvalue weighted by Crippen LogP contribution is 1.96. The molecule has 0 bridgehead atoms. The van der Waals surface area contributed by atoms with E-state index >= 15 is 0 Å². The summed E-state index contributed by atoms with van der Waals surface area (Å²) in [4.78, 5) is 0. The van der Waals surface area contributed by atoms with Gasteiger partial charge in [-0.15, -0.1) is 6.58 Å². The Bertz CT molecular complexity index is 406. The topological polar surface area (TPSA) is 48.1 Å². The first-order valence-corrected chi connectivity index (χ1v) is 6.26. The van der Waals surface area contributed by atoms with Gasteiger partial charge in [0.1, 0.15) is 0 Å². The third kappa shape index (κ3) is 6.17. The van der Waals surface area contributed by atoms with Crippen LogP contribution in [0.15, 0.2) is 43.0 Å². The van der Waals surface area contributed by atoms with Gasteiger partial charge in [-0.3, -0.25) is 10.9 Å². The summed E-state index contributed by atoms with van der Waals surface area (Å²) >= 11 is 10.1. The maximum atomic E-state index is 5.09. The predicted octanol–water partition coefficient (Wildman–Crippen LogP) is 1.22. The van der Waals surface area contributed by atoms with Crippen molar-refractivity contribution in [3.63, 3.8) is 0 Å². The largest absolute Gasteiger partial charge is 0.358 e. The van der Waals surface area contributed by atoms with E-state index in [1.165, 1.54) is 0 Å². The van der Waals surface area contributed by atoms with Crippen LogP contribution in [0.5, 0.6) is 0 Å². The lowest BCUT2D eigenvalue weighted by Gasteiger charge is -2.13. The molecule has 1 aromatic carbocycles. The SMILES string of the molecule is C=CCNC(=S)NNC(=S)NCc1ccccc1. The Labute approximate surface area is 118 Å². The molecule has 0 saturated carbocycles. The molecule has 0 unspecified atom stereocenters. The lowest BCUT2D eigenvalue weighted by Crippen LogP contribution is -2.50. The van der Waals surface area contributed by atoms with Crippen molar-refractivity contribution in [2.75, 3.05) is 6.54 Å². The van der Waals surface area contributed by atoms with Crippen molar-refractivity contribution in [1.29, 1.82) is 0 Å². The van der Waals surface area contributed by atoms with Crippen molar-refractivity contribution in [3.05, 3.63) is 48.6 Å². The predicted molar refractivity (Wildman–Crippen MR) is 82.9 cm³/mol. The van der Waals surface area contributed by atoms with Crippen LogP contribution in [-0.4, -0.2) is 16.8 Å². The second kappa shape index (κ2) is 8.43. The maximum absolute atomic E-state index is 5.09. The van der Waals surface area contributed by atoms with E-state index in [0.29, 0.717) is 23.3 Å². The summed E-state index contributed by atoms with van der Waals surface area (Å²) in [5, 5.41) is 6.93. The molecule has 6 heteroatoms. The molecule has 0 saturated heterocycles. The Hall–Kier alpha value is -1.66. The van der Waals surface area contributed by atoms with Crippen molar-refractivity contribution < 1.29 is 0 Å². The Balaban J connectivity index is 2.18. The third-order valence-corrected chi connectivity index (χ3v) is 2.49. The first kappa shape index (κ1) is 14.4. The highest BCUT2D eigenvalue weighted by atomic mass is 32.1. The van der Waals surface area contributed by atoms with Crippen LogP contribution in [0, 0.1) is 0 Å². The zero-order valence-corrected chi connectivity index (χ0v) is 11.5. The average Bonchev–Trinajstić information content (AvgIpc) is 2.41. The molecular formula is C12H16N4S2. The van der Waals surface area contributed by atoms with E-state index in [1.54, 1.807) is 6.08 Å². The average molecular weight is 280 g/mol. The van der Waals surface area contributed by atoms with Crippen LogP contribution in [0.3, 0.4) is 0 Å².